The summed E-state index contributed by atoms with van der Waals surface area (Å²) in [5, 5.41) is 60.4. The lowest BCUT2D eigenvalue weighted by molar-refractivity contribution is -0.140. The number of benzene rings is 1. The Morgan fingerprint density at radius 1 is 0.714 bits per heavy atom. The number of nitrogens with two attached hydrogens (primary N) is 9. The van der Waals surface area contributed by atoms with E-state index in [4.69, 9.17) is 80.6 Å². The average Bonchev–Trinajstić information content (AvgIpc) is 3.82. The molecule has 29 nitrogen and oxygen atoms in total. The third-order valence-corrected chi connectivity index (χ3v) is 8.76. The summed E-state index contributed by atoms with van der Waals surface area (Å²) in [6.07, 6.45) is 3.16. The van der Waals surface area contributed by atoms with Crippen LogP contribution in [-0.4, -0.2) is 156 Å². The van der Waals surface area contributed by atoms with Gasteiger partial charge >= 0.3 is 47.8 Å². The molecule has 2 amide bonds. The van der Waals surface area contributed by atoms with E-state index in [-0.39, 0.29) is 49.9 Å². The fourth-order valence-corrected chi connectivity index (χ4v) is 4.26. The van der Waals surface area contributed by atoms with Crippen LogP contribution in [0.1, 0.15) is 78.2 Å². The van der Waals surface area contributed by atoms with E-state index in [0.29, 0.717) is 18.1 Å². The lowest BCUT2D eigenvalue weighted by Gasteiger charge is -2.16. The van der Waals surface area contributed by atoms with Gasteiger partial charge in [-0.15, -0.1) is 0 Å². The Labute approximate surface area is 409 Å². The van der Waals surface area contributed by atoms with Crippen molar-refractivity contribution in [2.45, 2.75) is 121 Å². The first-order valence-corrected chi connectivity index (χ1v) is 21.6. The van der Waals surface area contributed by atoms with Gasteiger partial charge in [0.2, 0.25) is 11.8 Å². The number of amides is 2. The molecule has 1 saturated heterocycles. The molecule has 1 aliphatic rings. The van der Waals surface area contributed by atoms with Gasteiger partial charge in [0.05, 0.1) is 6.42 Å². The van der Waals surface area contributed by atoms with Crippen molar-refractivity contribution in [1.29, 1.82) is 0 Å². The molecule has 0 aliphatic carbocycles. The maximum absolute atomic E-state index is 11.8. The van der Waals surface area contributed by atoms with E-state index in [2.05, 4.69) is 29.5 Å². The van der Waals surface area contributed by atoms with Crippen LogP contribution in [0.3, 0.4) is 0 Å². The number of ether oxygens (including phenoxy) is 1. The van der Waals surface area contributed by atoms with E-state index >= 15 is 0 Å². The number of hydrazine groups is 1. The van der Waals surface area contributed by atoms with Gasteiger partial charge in [-0.1, -0.05) is 46.2 Å². The number of carbonyl (C=O) groups is 10. The van der Waals surface area contributed by atoms with Crippen LogP contribution in [0.2, 0.25) is 0 Å². The smallest absolute Gasteiger partial charge is 0.328 e. The molecule has 1 aromatic rings. The highest BCUT2D eigenvalue weighted by atomic mass is 32.1. The molecule has 0 aromatic heterocycles. The van der Waals surface area contributed by atoms with Crippen LogP contribution in [0.5, 0.6) is 5.75 Å². The molecule has 0 saturated carbocycles. The van der Waals surface area contributed by atoms with E-state index in [1.165, 1.54) is 0 Å². The highest BCUT2D eigenvalue weighted by Crippen LogP contribution is 2.16. The van der Waals surface area contributed by atoms with Crippen molar-refractivity contribution in [3.05, 3.63) is 29.8 Å². The number of carboxylic acid groups (broad SMARTS) is 7. The second-order valence-electron chi connectivity index (χ2n) is 15.2. The topological polar surface area (TPSA) is 580 Å². The molecule has 70 heavy (non-hydrogen) atoms. The summed E-state index contributed by atoms with van der Waals surface area (Å²) in [4.78, 5) is 102. The Bertz CT molecular complexity index is 1730. The maximum atomic E-state index is 11.8. The van der Waals surface area contributed by atoms with E-state index in [1.807, 2.05) is 33.1 Å². The molecular weight excluding hydrogens is 955 g/mol. The van der Waals surface area contributed by atoms with Gasteiger partial charge in [0, 0.05) is 12.2 Å². The minimum absolute atomic E-state index is 0.0213. The minimum Gasteiger partial charge on any atom is -0.480 e. The van der Waals surface area contributed by atoms with Gasteiger partial charge in [0.15, 0.2) is 0 Å². The number of rotatable bonds is 22. The summed E-state index contributed by atoms with van der Waals surface area (Å²) in [5.41, 5.74) is 43.5. The highest BCUT2D eigenvalue weighted by molar-refractivity contribution is 7.80. The van der Waals surface area contributed by atoms with Crippen molar-refractivity contribution in [3.63, 3.8) is 0 Å². The highest BCUT2D eigenvalue weighted by Gasteiger charge is 2.22. The Morgan fingerprint density at radius 3 is 1.43 bits per heavy atom. The molecule has 1 fully saturated rings. The average molecular weight is 1030 g/mol. The third kappa shape index (κ3) is 45.7. The van der Waals surface area contributed by atoms with Crippen molar-refractivity contribution in [2.75, 3.05) is 18.8 Å². The summed E-state index contributed by atoms with van der Waals surface area (Å²) in [6.45, 7) is 8.42. The summed E-state index contributed by atoms with van der Waals surface area (Å²) in [7, 11) is 0. The number of nitrogens with one attached hydrogen (secondary N) is 2. The van der Waals surface area contributed by atoms with E-state index in [0.717, 1.165) is 31.4 Å². The number of carboxylic acids is 7. The molecule has 1 aliphatic heterocycles. The molecule has 27 N–H and O–H groups in total. The Morgan fingerprint density at radius 2 is 1.19 bits per heavy atom. The normalized spacial score (nSPS) is 15.0. The maximum Gasteiger partial charge on any atom is 0.328 e. The molecule has 0 unspecified atom stereocenters. The molecule has 2 rings (SSSR count). The molecule has 0 radical (unpaired) electrons. The van der Waals surface area contributed by atoms with Gasteiger partial charge in [-0.3, -0.25) is 49.0 Å². The number of aliphatic carboxylic acids is 7. The number of primary amides is 2. The van der Waals surface area contributed by atoms with Gasteiger partial charge in [0.25, 0.3) is 0 Å². The molecular formula is C40H75N11O18S. The summed E-state index contributed by atoms with van der Waals surface area (Å²) < 4.78 is 5.20. The number of esters is 1. The SMILES string of the molecule is CC(C)C[C@H](N)C(=O)O.CC[C@H](C)[C@H](N)C(=O)Oc1ccc(C[C@H](N)C(=O)O)cc1.NC(=O)CC[C@H](N)C(=O)O.NC(=O)C[C@H](N)C(=O)O.NNCC(=O)O.N[C@@H](CS)C(=O)O.O=C(O)[C@@H]1CCCN1. The van der Waals surface area contributed by atoms with Crippen molar-refractivity contribution in [1.82, 2.24) is 10.7 Å². The van der Waals surface area contributed by atoms with Crippen LogP contribution in [0.15, 0.2) is 24.3 Å². The zero-order chi connectivity index (χ0) is 55.9. The van der Waals surface area contributed by atoms with E-state index in [9.17, 15) is 47.9 Å². The van der Waals surface area contributed by atoms with Gasteiger partial charge in [-0.05, 0) is 68.2 Å². The molecule has 0 bridgehead atoms. The third-order valence-electron chi connectivity index (χ3n) is 8.37. The molecule has 30 heteroatoms. The van der Waals surface area contributed by atoms with Crippen LogP contribution in [0.4, 0.5) is 0 Å². The van der Waals surface area contributed by atoms with Crippen molar-refractivity contribution >= 4 is 72.2 Å². The van der Waals surface area contributed by atoms with Crippen LogP contribution in [-0.2, 0) is 54.4 Å². The first kappa shape index (κ1) is 72.9. The Kier molecular flexibility index (Phi) is 44.7. The zero-order valence-electron chi connectivity index (χ0n) is 39.5. The van der Waals surface area contributed by atoms with Crippen LogP contribution >= 0.6 is 12.6 Å². The molecule has 1 heterocycles. The van der Waals surface area contributed by atoms with Gasteiger partial charge in [-0.25, -0.2) is 10.2 Å². The van der Waals surface area contributed by atoms with E-state index in [1.54, 1.807) is 24.3 Å². The second kappa shape index (κ2) is 43.0. The molecule has 1 aromatic carbocycles. The lowest BCUT2D eigenvalue weighted by Crippen LogP contribution is -2.39. The number of thiol groups is 1. The number of hydrogen-bond donors (Lipinski definition) is 19. The first-order valence-electron chi connectivity index (χ1n) is 21.0. The number of hydrogen-bond acceptors (Lipinski definition) is 21. The molecule has 8 atom stereocenters. The van der Waals surface area contributed by atoms with Crippen molar-refractivity contribution in [3.8, 4) is 5.75 Å². The fourth-order valence-electron chi connectivity index (χ4n) is 4.10. The summed E-state index contributed by atoms with van der Waals surface area (Å²) in [6, 6.07) is 1.04. The van der Waals surface area contributed by atoms with Crippen LogP contribution < -0.4 is 67.2 Å². The quantitative estimate of drug-likeness (QED) is 0.0173. The van der Waals surface area contributed by atoms with E-state index < -0.39 is 95.8 Å². The van der Waals surface area contributed by atoms with Crippen LogP contribution in [0.25, 0.3) is 0 Å². The Balaban J connectivity index is -0.000000248. The first-order chi connectivity index (χ1) is 32.2. The zero-order valence-corrected chi connectivity index (χ0v) is 40.4. The molecule has 404 valence electrons. The predicted molar refractivity (Wildman–Crippen MR) is 255 cm³/mol. The molecule has 0 spiro atoms. The predicted octanol–water partition coefficient (Wildman–Crippen LogP) is -4.01. The number of carbonyl (C=O) groups excluding carboxylic acids is 3. The standard InChI is InChI=1S/C15H22N2O4.C6H13NO2.C5H10N2O3.C5H9NO2.C4H8N2O3.C3H7NO2S.C2H6N2O2/c1-3-9(2)13(17)15(20)21-11-6-4-10(5-7-11)8-12(16)14(18)19;1-4(2)3-5(7)6(8)9;6-3(5(9)10)1-2-4(7)8;7-5(8)4-2-1-3-6-4;5-2(4(8)9)1-3(6)7;4-2(1-7)3(5)6;3-4-1-2(5)6/h4-7,9,12-13H,3,8,16-17H2,1-2H3,(H,18,19);4-5H,3,7H2,1-2H3,(H,8,9);3H,1-2,6H2,(H2,7,8)(H,9,10);4,6H,1-3H2,(H,7,8);2H,1,5H2,(H2,6,7)(H,8,9);2,7H,1,4H2,(H,5,6);4H,1,3H2,(H,5,6)/t9-,12-,13-;5-;3-;4-;2*2-;/m000000./s1. The fraction of sp³-hybridized carbons (Fsp3) is 0.600. The lowest BCUT2D eigenvalue weighted by atomic mass is 10.0. The van der Waals surface area contributed by atoms with Gasteiger partial charge in [0.1, 0.15) is 54.6 Å². The monoisotopic (exact) mass is 1030 g/mol. The van der Waals surface area contributed by atoms with Crippen molar-refractivity contribution < 1.29 is 88.4 Å². The summed E-state index contributed by atoms with van der Waals surface area (Å²) >= 11 is 3.65. The minimum atomic E-state index is -1.21. The summed E-state index contributed by atoms with van der Waals surface area (Å²) in [5.74, 6) is -3.09. The van der Waals surface area contributed by atoms with Crippen LogP contribution in [0, 0.1) is 11.8 Å². The van der Waals surface area contributed by atoms with Crippen molar-refractivity contribution in [2.24, 2.45) is 63.5 Å². The van der Waals surface area contributed by atoms with Gasteiger partial charge < -0.3 is 91.7 Å². The Hall–Kier alpha value is -6.09. The van der Waals surface area contributed by atoms with Gasteiger partial charge in [-0.2, -0.15) is 12.6 Å². The largest absolute Gasteiger partial charge is 0.480 e. The second-order valence-corrected chi connectivity index (χ2v) is 15.5.